The van der Waals surface area contributed by atoms with Gasteiger partial charge in [-0.3, -0.25) is 4.99 Å². The molecule has 0 radical (unpaired) electrons. The minimum atomic E-state index is 0. The Kier molecular flexibility index (Phi) is 6.90. The third-order valence-electron chi connectivity index (χ3n) is 4.34. The molecule has 0 aromatic heterocycles. The summed E-state index contributed by atoms with van der Waals surface area (Å²) in [6, 6.07) is 16.7. The highest BCUT2D eigenvalue weighted by atomic mass is 127. The molecule has 4 nitrogen and oxygen atoms in total. The van der Waals surface area contributed by atoms with Gasteiger partial charge in [0.25, 0.3) is 0 Å². The normalized spacial score (nSPS) is 15.6. The molecule has 0 spiro atoms. The Morgan fingerprint density at radius 2 is 1.88 bits per heavy atom. The largest absolute Gasteiger partial charge is 0.496 e. The van der Waals surface area contributed by atoms with Crippen LogP contribution >= 0.6 is 24.0 Å². The minimum Gasteiger partial charge on any atom is -0.496 e. The molecule has 0 heterocycles. The van der Waals surface area contributed by atoms with Crippen molar-refractivity contribution >= 4 is 29.9 Å². The molecule has 2 N–H and O–H groups in total. The van der Waals surface area contributed by atoms with Gasteiger partial charge in [-0.2, -0.15) is 0 Å². The van der Waals surface area contributed by atoms with Crippen molar-refractivity contribution in [2.75, 3.05) is 20.7 Å². The number of nitrogens with zero attached hydrogens (tertiary/aromatic N) is 1. The lowest BCUT2D eigenvalue weighted by atomic mass is 9.78. The van der Waals surface area contributed by atoms with Crippen LogP contribution < -0.4 is 15.4 Å². The molecule has 1 aliphatic carbocycles. The fourth-order valence-corrected chi connectivity index (χ4v) is 3.01. The lowest BCUT2D eigenvalue weighted by Crippen LogP contribution is -2.40. The van der Waals surface area contributed by atoms with Gasteiger partial charge in [-0.15, -0.1) is 24.0 Å². The zero-order valence-corrected chi connectivity index (χ0v) is 16.4. The zero-order valence-electron chi connectivity index (χ0n) is 14.1. The summed E-state index contributed by atoms with van der Waals surface area (Å²) in [7, 11) is 3.49. The van der Waals surface area contributed by atoms with Crippen molar-refractivity contribution in [2.45, 2.75) is 18.9 Å². The third-order valence-corrected chi connectivity index (χ3v) is 4.34. The summed E-state index contributed by atoms with van der Waals surface area (Å²) in [6.07, 6.45) is 1.15. The molecule has 0 aliphatic heterocycles. The number of fused-ring (bicyclic) bond motifs is 1. The van der Waals surface area contributed by atoms with Crippen molar-refractivity contribution in [3.05, 3.63) is 65.2 Å². The average Bonchev–Trinajstić information content (AvgIpc) is 2.58. The molecule has 0 saturated heterocycles. The van der Waals surface area contributed by atoms with E-state index in [9.17, 15) is 0 Å². The third kappa shape index (κ3) is 4.20. The van der Waals surface area contributed by atoms with E-state index < -0.39 is 0 Å². The molecule has 0 bridgehead atoms. The van der Waals surface area contributed by atoms with Gasteiger partial charge in [0.05, 0.1) is 7.11 Å². The average molecular weight is 437 g/mol. The Morgan fingerprint density at radius 3 is 2.62 bits per heavy atom. The van der Waals surface area contributed by atoms with Gasteiger partial charge in [-0.1, -0.05) is 42.5 Å². The standard InChI is InChI=1S/C19H23N3O.HI/c1-20-19(21-12-15-8-4-6-10-18(15)23-2)22-13-16-11-14-7-3-5-9-17(14)16;/h3-10,16H,11-13H2,1-2H3,(H2,20,21,22);1H. The van der Waals surface area contributed by atoms with E-state index in [1.165, 1.54) is 11.1 Å². The van der Waals surface area contributed by atoms with Gasteiger partial charge in [0.1, 0.15) is 5.75 Å². The summed E-state index contributed by atoms with van der Waals surface area (Å²) in [4.78, 5) is 4.30. The monoisotopic (exact) mass is 437 g/mol. The molecule has 0 saturated carbocycles. The first kappa shape index (κ1) is 18.6. The molecular formula is C19H24IN3O. The summed E-state index contributed by atoms with van der Waals surface area (Å²) >= 11 is 0. The van der Waals surface area contributed by atoms with Gasteiger partial charge in [-0.05, 0) is 23.6 Å². The number of benzene rings is 2. The van der Waals surface area contributed by atoms with Crippen LogP contribution in [0.15, 0.2) is 53.5 Å². The van der Waals surface area contributed by atoms with Gasteiger partial charge in [0.15, 0.2) is 5.96 Å². The van der Waals surface area contributed by atoms with E-state index in [0.29, 0.717) is 12.5 Å². The lowest BCUT2D eigenvalue weighted by Gasteiger charge is -2.30. The topological polar surface area (TPSA) is 45.7 Å². The summed E-state index contributed by atoms with van der Waals surface area (Å²) in [5.41, 5.74) is 4.04. The van der Waals surface area contributed by atoms with Crippen LogP contribution in [0.25, 0.3) is 0 Å². The minimum absolute atomic E-state index is 0. The van der Waals surface area contributed by atoms with Crippen molar-refractivity contribution in [2.24, 2.45) is 4.99 Å². The van der Waals surface area contributed by atoms with Crippen LogP contribution in [0.2, 0.25) is 0 Å². The Balaban J connectivity index is 0.00000208. The number of para-hydroxylation sites is 1. The number of methoxy groups -OCH3 is 1. The van der Waals surface area contributed by atoms with E-state index in [-0.39, 0.29) is 24.0 Å². The fourth-order valence-electron chi connectivity index (χ4n) is 3.01. The number of nitrogens with one attached hydrogen (secondary N) is 2. The van der Waals surface area contributed by atoms with E-state index in [0.717, 1.165) is 30.2 Å². The second-order valence-corrected chi connectivity index (χ2v) is 5.72. The molecular weight excluding hydrogens is 413 g/mol. The molecule has 2 aromatic rings. The number of ether oxygens (including phenoxy) is 1. The number of guanidine groups is 1. The summed E-state index contributed by atoms with van der Waals surface area (Å²) in [5.74, 6) is 2.29. The van der Waals surface area contributed by atoms with Gasteiger partial charge < -0.3 is 15.4 Å². The number of aliphatic imine (C=N–C) groups is 1. The van der Waals surface area contributed by atoms with Crippen molar-refractivity contribution in [1.82, 2.24) is 10.6 Å². The van der Waals surface area contributed by atoms with Crippen LogP contribution in [0.1, 0.15) is 22.6 Å². The second-order valence-electron chi connectivity index (χ2n) is 5.72. The Morgan fingerprint density at radius 1 is 1.12 bits per heavy atom. The van der Waals surface area contributed by atoms with Crippen molar-refractivity contribution < 1.29 is 4.74 Å². The van der Waals surface area contributed by atoms with Crippen LogP contribution in [0.5, 0.6) is 5.75 Å². The predicted octanol–water partition coefficient (Wildman–Crippen LogP) is 3.32. The molecule has 1 unspecified atom stereocenters. The van der Waals surface area contributed by atoms with E-state index in [1.807, 2.05) is 18.2 Å². The maximum Gasteiger partial charge on any atom is 0.191 e. The highest BCUT2D eigenvalue weighted by molar-refractivity contribution is 14.0. The van der Waals surface area contributed by atoms with Crippen LogP contribution in [0.3, 0.4) is 0 Å². The molecule has 1 aliphatic rings. The number of hydrogen-bond acceptors (Lipinski definition) is 2. The Hall–Kier alpha value is -1.76. The predicted molar refractivity (Wildman–Crippen MR) is 109 cm³/mol. The van der Waals surface area contributed by atoms with Crippen molar-refractivity contribution in [3.63, 3.8) is 0 Å². The van der Waals surface area contributed by atoms with Gasteiger partial charge >= 0.3 is 0 Å². The lowest BCUT2D eigenvalue weighted by molar-refractivity contribution is 0.409. The van der Waals surface area contributed by atoms with E-state index >= 15 is 0 Å². The number of halogens is 1. The van der Waals surface area contributed by atoms with E-state index in [1.54, 1.807) is 14.2 Å². The molecule has 2 aromatic carbocycles. The summed E-state index contributed by atoms with van der Waals surface area (Å²) < 4.78 is 5.37. The first-order chi connectivity index (χ1) is 11.3. The Bertz CT molecular complexity index is 703. The molecule has 5 heteroatoms. The van der Waals surface area contributed by atoms with Gasteiger partial charge in [0, 0.05) is 31.6 Å². The van der Waals surface area contributed by atoms with Gasteiger partial charge in [0.2, 0.25) is 0 Å². The van der Waals surface area contributed by atoms with Gasteiger partial charge in [-0.25, -0.2) is 0 Å². The van der Waals surface area contributed by atoms with Crippen LogP contribution in [0, 0.1) is 0 Å². The maximum absolute atomic E-state index is 5.37. The van der Waals surface area contributed by atoms with Crippen molar-refractivity contribution in [3.8, 4) is 5.75 Å². The highest BCUT2D eigenvalue weighted by Gasteiger charge is 2.25. The zero-order chi connectivity index (χ0) is 16.1. The molecule has 3 rings (SSSR count). The SMILES string of the molecule is CN=C(NCc1ccccc1OC)NCC1Cc2ccccc21.I. The second kappa shape index (κ2) is 8.92. The van der Waals surface area contributed by atoms with E-state index in [4.69, 9.17) is 4.74 Å². The van der Waals surface area contributed by atoms with E-state index in [2.05, 4.69) is 46.0 Å². The Labute approximate surface area is 160 Å². The molecule has 24 heavy (non-hydrogen) atoms. The first-order valence-corrected chi connectivity index (χ1v) is 7.96. The van der Waals surface area contributed by atoms with Crippen LogP contribution in [-0.2, 0) is 13.0 Å². The molecule has 0 fully saturated rings. The highest BCUT2D eigenvalue weighted by Crippen LogP contribution is 2.33. The smallest absolute Gasteiger partial charge is 0.191 e. The molecule has 0 amide bonds. The first-order valence-electron chi connectivity index (χ1n) is 7.96. The molecule has 1 atom stereocenters. The fraction of sp³-hybridized carbons (Fsp3) is 0.316. The van der Waals surface area contributed by atoms with Crippen LogP contribution in [0.4, 0.5) is 0 Å². The van der Waals surface area contributed by atoms with Crippen LogP contribution in [-0.4, -0.2) is 26.7 Å². The quantitative estimate of drug-likeness (QED) is 0.429. The number of rotatable bonds is 5. The van der Waals surface area contributed by atoms with Crippen molar-refractivity contribution in [1.29, 1.82) is 0 Å². The summed E-state index contributed by atoms with van der Waals surface area (Å²) in [6.45, 7) is 1.59. The number of hydrogen-bond donors (Lipinski definition) is 2. The summed E-state index contributed by atoms with van der Waals surface area (Å²) in [5, 5.41) is 6.76. The molecule has 128 valence electrons. The maximum atomic E-state index is 5.37.